The highest BCUT2D eigenvalue weighted by Crippen LogP contribution is 2.22. The molecule has 2 radical (unpaired) electrons. The second-order valence-corrected chi connectivity index (χ2v) is 9.17. The Balaban J connectivity index is 1.72. The summed E-state index contributed by atoms with van der Waals surface area (Å²) in [7, 11) is 1.79. The topological polar surface area (TPSA) is 81.2 Å². The highest BCUT2D eigenvalue weighted by Gasteiger charge is 2.18. The van der Waals surface area contributed by atoms with E-state index in [9.17, 15) is 12.8 Å². The standard InChI is InChI=1S/C22H22BFN4O2S/c23-17-6-4-16(5-7-17)12-19-13-18(15-27-10-2-1-3-11-27)26-28(19)22-9-8-20(14-21(22)24)31(25,29)30/h1-2,4-9,13-14H,3,10-12,15H2,(H2,25,29,30). The summed E-state index contributed by atoms with van der Waals surface area (Å²) in [6, 6.07) is 13.0. The number of aromatic nitrogens is 2. The van der Waals surface area contributed by atoms with Gasteiger partial charge >= 0.3 is 0 Å². The average Bonchev–Trinajstić information content (AvgIpc) is 3.11. The van der Waals surface area contributed by atoms with Gasteiger partial charge in [0.15, 0.2) is 0 Å². The third-order valence-corrected chi connectivity index (χ3v) is 6.11. The van der Waals surface area contributed by atoms with Gasteiger partial charge in [0.2, 0.25) is 10.0 Å². The lowest BCUT2D eigenvalue weighted by atomic mass is 9.94. The van der Waals surface area contributed by atoms with Gasteiger partial charge in [0.1, 0.15) is 19.4 Å². The van der Waals surface area contributed by atoms with Crippen molar-refractivity contribution >= 4 is 23.3 Å². The molecule has 158 valence electrons. The molecule has 0 bridgehead atoms. The van der Waals surface area contributed by atoms with E-state index in [-0.39, 0.29) is 10.6 Å². The molecule has 0 fully saturated rings. The highest BCUT2D eigenvalue weighted by molar-refractivity contribution is 7.89. The Labute approximate surface area is 182 Å². The lowest BCUT2D eigenvalue weighted by Gasteiger charge is -2.21. The molecule has 6 nitrogen and oxygen atoms in total. The van der Waals surface area contributed by atoms with Gasteiger partial charge in [-0.3, -0.25) is 4.90 Å². The second-order valence-electron chi connectivity index (χ2n) is 7.61. The van der Waals surface area contributed by atoms with Gasteiger partial charge in [0.05, 0.1) is 10.6 Å². The molecule has 1 aliphatic rings. The van der Waals surface area contributed by atoms with Gasteiger partial charge in [-0.25, -0.2) is 22.6 Å². The fraction of sp³-hybridized carbons (Fsp3) is 0.227. The molecule has 1 aromatic heterocycles. The Kier molecular flexibility index (Phi) is 6.09. The molecule has 0 aliphatic carbocycles. The summed E-state index contributed by atoms with van der Waals surface area (Å²) >= 11 is 0. The number of primary sulfonamides is 1. The van der Waals surface area contributed by atoms with Crippen LogP contribution in [0.25, 0.3) is 5.69 Å². The summed E-state index contributed by atoms with van der Waals surface area (Å²) in [5, 5.41) is 9.78. The van der Waals surface area contributed by atoms with E-state index in [1.807, 2.05) is 30.3 Å². The quantitative estimate of drug-likeness (QED) is 0.472. The lowest BCUT2D eigenvalue weighted by Crippen LogP contribution is -2.26. The SMILES string of the molecule is [B]c1ccc(Cc2cc(CN3CC=CCC3)nn2-c2ccc(S(N)(=O)=O)cc2F)cc1. The molecular formula is C22H22BFN4O2S. The Morgan fingerprint density at radius 3 is 2.52 bits per heavy atom. The molecular weight excluding hydrogens is 414 g/mol. The molecule has 9 heteroatoms. The van der Waals surface area contributed by atoms with E-state index in [2.05, 4.69) is 22.2 Å². The maximum absolute atomic E-state index is 14.9. The van der Waals surface area contributed by atoms with E-state index in [1.165, 1.54) is 16.8 Å². The third kappa shape index (κ3) is 5.12. The van der Waals surface area contributed by atoms with Crippen LogP contribution in [0.15, 0.2) is 65.6 Å². The second kappa shape index (κ2) is 8.78. The molecule has 0 saturated heterocycles. The fourth-order valence-electron chi connectivity index (χ4n) is 3.63. The number of halogens is 1. The van der Waals surface area contributed by atoms with Crippen molar-refractivity contribution in [3.05, 3.63) is 83.5 Å². The van der Waals surface area contributed by atoms with Crippen LogP contribution in [0.1, 0.15) is 23.4 Å². The minimum atomic E-state index is -4.00. The maximum Gasteiger partial charge on any atom is 0.238 e. The van der Waals surface area contributed by atoms with E-state index < -0.39 is 15.8 Å². The fourth-order valence-corrected chi connectivity index (χ4v) is 4.16. The number of rotatable bonds is 6. The van der Waals surface area contributed by atoms with Crippen molar-refractivity contribution in [1.82, 2.24) is 14.7 Å². The molecule has 2 aromatic carbocycles. The molecule has 0 amide bonds. The molecule has 1 aliphatic heterocycles. The Morgan fingerprint density at radius 2 is 1.87 bits per heavy atom. The smallest absolute Gasteiger partial charge is 0.238 e. The summed E-state index contributed by atoms with van der Waals surface area (Å²) in [5.41, 5.74) is 3.44. The van der Waals surface area contributed by atoms with E-state index in [4.69, 9.17) is 13.0 Å². The summed E-state index contributed by atoms with van der Waals surface area (Å²) < 4.78 is 39.5. The van der Waals surface area contributed by atoms with E-state index >= 15 is 0 Å². The zero-order chi connectivity index (χ0) is 22.0. The van der Waals surface area contributed by atoms with Crippen molar-refractivity contribution in [2.45, 2.75) is 24.3 Å². The first-order valence-electron chi connectivity index (χ1n) is 9.92. The normalized spacial score (nSPS) is 14.8. The lowest BCUT2D eigenvalue weighted by molar-refractivity contribution is 0.286. The van der Waals surface area contributed by atoms with Crippen molar-refractivity contribution in [1.29, 1.82) is 0 Å². The predicted molar refractivity (Wildman–Crippen MR) is 119 cm³/mol. The molecule has 0 atom stereocenters. The highest BCUT2D eigenvalue weighted by atomic mass is 32.2. The molecule has 0 saturated carbocycles. The zero-order valence-corrected chi connectivity index (χ0v) is 17.7. The minimum absolute atomic E-state index is 0.169. The van der Waals surface area contributed by atoms with Crippen molar-refractivity contribution < 1.29 is 12.8 Å². The molecule has 31 heavy (non-hydrogen) atoms. The number of hydrogen-bond donors (Lipinski definition) is 1. The summed E-state index contributed by atoms with van der Waals surface area (Å²) in [5.74, 6) is -0.708. The number of nitrogens with two attached hydrogens (primary N) is 1. The van der Waals surface area contributed by atoms with Gasteiger partial charge in [-0.1, -0.05) is 41.9 Å². The minimum Gasteiger partial charge on any atom is -0.293 e. The first-order chi connectivity index (χ1) is 14.8. The first kappa shape index (κ1) is 21.5. The van der Waals surface area contributed by atoms with E-state index in [0.717, 1.165) is 42.5 Å². The summed E-state index contributed by atoms with van der Waals surface area (Å²) in [6.07, 6.45) is 5.79. The molecule has 4 rings (SSSR count). The Hall–Kier alpha value is -2.75. The van der Waals surface area contributed by atoms with Crippen LogP contribution in [0.3, 0.4) is 0 Å². The number of hydrogen-bond acceptors (Lipinski definition) is 4. The largest absolute Gasteiger partial charge is 0.293 e. The van der Waals surface area contributed by atoms with E-state index in [1.54, 1.807) is 0 Å². The van der Waals surface area contributed by atoms with Gasteiger partial charge in [-0.2, -0.15) is 5.10 Å². The zero-order valence-electron chi connectivity index (χ0n) is 16.9. The van der Waals surface area contributed by atoms with Crippen LogP contribution >= 0.6 is 0 Å². The van der Waals surface area contributed by atoms with Crippen LogP contribution in [0.5, 0.6) is 0 Å². The predicted octanol–water partition coefficient (Wildman–Crippen LogP) is 1.81. The monoisotopic (exact) mass is 436 g/mol. The van der Waals surface area contributed by atoms with Crippen LogP contribution in [-0.4, -0.2) is 44.0 Å². The first-order valence-corrected chi connectivity index (χ1v) is 11.5. The number of nitrogens with zero attached hydrogens (tertiary/aromatic N) is 3. The maximum atomic E-state index is 14.9. The van der Waals surface area contributed by atoms with E-state index in [0.29, 0.717) is 18.4 Å². The van der Waals surface area contributed by atoms with Crippen LogP contribution < -0.4 is 10.6 Å². The van der Waals surface area contributed by atoms with Crippen LogP contribution in [0.4, 0.5) is 4.39 Å². The third-order valence-electron chi connectivity index (χ3n) is 5.20. The van der Waals surface area contributed by atoms with Gasteiger partial charge in [0, 0.05) is 31.7 Å². The Bertz CT molecular complexity index is 1220. The van der Waals surface area contributed by atoms with Crippen LogP contribution in [0.2, 0.25) is 0 Å². The van der Waals surface area contributed by atoms with Crippen molar-refractivity contribution in [2.75, 3.05) is 13.1 Å². The number of sulfonamides is 1. The van der Waals surface area contributed by atoms with Gasteiger partial charge < -0.3 is 0 Å². The van der Waals surface area contributed by atoms with Gasteiger partial charge in [-0.15, -0.1) is 0 Å². The molecule has 2 heterocycles. The van der Waals surface area contributed by atoms with Gasteiger partial charge in [-0.05, 0) is 36.2 Å². The molecule has 2 N–H and O–H groups in total. The van der Waals surface area contributed by atoms with Crippen LogP contribution in [0, 0.1) is 5.82 Å². The van der Waals surface area contributed by atoms with Crippen LogP contribution in [-0.2, 0) is 23.0 Å². The molecule has 0 unspecified atom stereocenters. The molecule has 3 aromatic rings. The number of benzene rings is 2. The van der Waals surface area contributed by atoms with Crippen molar-refractivity contribution in [2.24, 2.45) is 5.14 Å². The van der Waals surface area contributed by atoms with Crippen molar-refractivity contribution in [3.63, 3.8) is 0 Å². The van der Waals surface area contributed by atoms with Crippen molar-refractivity contribution in [3.8, 4) is 5.69 Å². The average molecular weight is 436 g/mol. The molecule has 0 spiro atoms. The summed E-state index contributed by atoms with van der Waals surface area (Å²) in [4.78, 5) is 1.99. The summed E-state index contributed by atoms with van der Waals surface area (Å²) in [6.45, 7) is 2.43. The Morgan fingerprint density at radius 1 is 1.10 bits per heavy atom. The van der Waals surface area contributed by atoms with Gasteiger partial charge in [0.25, 0.3) is 0 Å².